The molecule has 2 rings (SSSR count). The van der Waals surface area contributed by atoms with Gasteiger partial charge in [-0.2, -0.15) is 0 Å². The Morgan fingerprint density at radius 1 is 1.06 bits per heavy atom. The molecule has 0 aliphatic carbocycles. The van der Waals surface area contributed by atoms with Crippen LogP contribution in [0.4, 0.5) is 0 Å². The van der Waals surface area contributed by atoms with Crippen LogP contribution in [0.5, 0.6) is 0 Å². The van der Waals surface area contributed by atoms with E-state index in [9.17, 15) is 0 Å². The normalized spacial score (nSPS) is 12.1. The largest absolute Gasteiger partial charge is 0.248 e. The van der Waals surface area contributed by atoms with Gasteiger partial charge < -0.3 is 0 Å². The van der Waals surface area contributed by atoms with Crippen molar-refractivity contribution in [1.29, 1.82) is 0 Å². The first-order valence-electron chi connectivity index (χ1n) is 4.62. The van der Waals surface area contributed by atoms with Crippen molar-refractivity contribution in [2.75, 3.05) is 0 Å². The maximum atomic E-state index is 6.14. The zero-order chi connectivity index (χ0) is 12.8. The lowest BCUT2D eigenvalue weighted by Crippen LogP contribution is -2.04. The topological polar surface area (TPSA) is 12.9 Å². The summed E-state index contributed by atoms with van der Waals surface area (Å²) in [7, 11) is 0. The Hall–Kier alpha value is 0.0800. The molecule has 0 saturated carbocycles. The Balaban J connectivity index is 2.83. The standard InChI is InChI=1S/C11H6Cl5N/c1-5-2-6(12)3-7-8(13)4-9(11(14,15)16)17-10(5)7/h2-4H,1H3. The average molecular weight is 329 g/mol. The summed E-state index contributed by atoms with van der Waals surface area (Å²) in [6, 6.07) is 5.06. The highest BCUT2D eigenvalue weighted by Gasteiger charge is 2.26. The van der Waals surface area contributed by atoms with Crippen LogP contribution in [0.3, 0.4) is 0 Å². The molecular formula is C11H6Cl5N. The lowest BCUT2D eigenvalue weighted by molar-refractivity contribution is 1.11. The van der Waals surface area contributed by atoms with Crippen LogP contribution in [-0.2, 0) is 3.79 Å². The molecule has 1 heterocycles. The van der Waals surface area contributed by atoms with Crippen molar-refractivity contribution in [1.82, 2.24) is 4.98 Å². The molecule has 1 aromatic heterocycles. The number of nitrogens with zero attached hydrogens (tertiary/aromatic N) is 1. The van der Waals surface area contributed by atoms with Crippen molar-refractivity contribution >= 4 is 68.9 Å². The summed E-state index contributed by atoms with van der Waals surface area (Å²) in [5.41, 5.74) is 1.86. The Morgan fingerprint density at radius 3 is 2.29 bits per heavy atom. The van der Waals surface area contributed by atoms with Crippen molar-refractivity contribution < 1.29 is 0 Å². The smallest absolute Gasteiger partial charge is 0.232 e. The fraction of sp³-hybridized carbons (Fsp3) is 0.182. The van der Waals surface area contributed by atoms with Crippen molar-refractivity contribution in [3.8, 4) is 0 Å². The van der Waals surface area contributed by atoms with Crippen LogP contribution < -0.4 is 0 Å². The zero-order valence-electron chi connectivity index (χ0n) is 8.57. The molecule has 1 nitrogen and oxygen atoms in total. The number of hydrogen-bond acceptors (Lipinski definition) is 1. The lowest BCUT2D eigenvalue weighted by atomic mass is 10.1. The summed E-state index contributed by atoms with van der Waals surface area (Å²) < 4.78 is -1.59. The second kappa shape index (κ2) is 4.64. The molecule has 0 bridgehead atoms. The predicted molar refractivity (Wildman–Crippen MR) is 75.7 cm³/mol. The van der Waals surface area contributed by atoms with Gasteiger partial charge in [-0.05, 0) is 30.7 Å². The number of aryl methyl sites for hydroxylation is 1. The highest BCUT2D eigenvalue weighted by atomic mass is 35.6. The number of halogens is 5. The molecule has 17 heavy (non-hydrogen) atoms. The molecule has 0 atom stereocenters. The minimum Gasteiger partial charge on any atom is -0.248 e. The SMILES string of the molecule is Cc1cc(Cl)cc2c(Cl)cc(C(Cl)(Cl)Cl)nc12. The molecule has 0 amide bonds. The van der Waals surface area contributed by atoms with E-state index in [1.807, 2.05) is 6.92 Å². The molecule has 0 spiro atoms. The fourth-order valence-electron chi connectivity index (χ4n) is 1.56. The molecule has 0 saturated heterocycles. The van der Waals surface area contributed by atoms with Gasteiger partial charge in [0.2, 0.25) is 3.79 Å². The summed E-state index contributed by atoms with van der Waals surface area (Å²) in [6.45, 7) is 1.87. The van der Waals surface area contributed by atoms with Gasteiger partial charge in [0.25, 0.3) is 0 Å². The maximum absolute atomic E-state index is 6.14. The second-order valence-corrected chi connectivity index (χ2v) is 6.73. The van der Waals surface area contributed by atoms with Gasteiger partial charge in [-0.15, -0.1) is 0 Å². The van der Waals surface area contributed by atoms with E-state index in [1.165, 1.54) is 6.07 Å². The van der Waals surface area contributed by atoms with Crippen molar-refractivity contribution in [3.05, 3.63) is 39.5 Å². The van der Waals surface area contributed by atoms with E-state index in [0.717, 1.165) is 10.9 Å². The van der Waals surface area contributed by atoms with E-state index < -0.39 is 3.79 Å². The van der Waals surface area contributed by atoms with Crippen LogP contribution in [0.2, 0.25) is 10.0 Å². The lowest BCUT2D eigenvalue weighted by Gasteiger charge is -2.13. The Morgan fingerprint density at radius 2 is 1.71 bits per heavy atom. The van der Waals surface area contributed by atoms with Gasteiger partial charge in [0.15, 0.2) is 0 Å². The average Bonchev–Trinajstić information content (AvgIpc) is 2.17. The Kier molecular flexibility index (Phi) is 3.69. The third-order valence-electron chi connectivity index (χ3n) is 2.31. The minimum absolute atomic E-state index is 0.297. The Labute approximate surface area is 124 Å². The van der Waals surface area contributed by atoms with Crippen LogP contribution in [0.25, 0.3) is 10.9 Å². The molecule has 1 aromatic carbocycles. The van der Waals surface area contributed by atoms with Crippen molar-refractivity contribution in [3.63, 3.8) is 0 Å². The van der Waals surface area contributed by atoms with Crippen LogP contribution >= 0.6 is 58.0 Å². The summed E-state index contributed by atoms with van der Waals surface area (Å²) in [5.74, 6) is 0. The van der Waals surface area contributed by atoms with E-state index in [4.69, 9.17) is 58.0 Å². The number of pyridine rings is 1. The number of rotatable bonds is 0. The third kappa shape index (κ3) is 2.74. The zero-order valence-corrected chi connectivity index (χ0v) is 12.3. The highest BCUT2D eigenvalue weighted by Crippen LogP contribution is 2.40. The first kappa shape index (κ1) is 13.5. The van der Waals surface area contributed by atoms with Crippen LogP contribution in [0.15, 0.2) is 18.2 Å². The van der Waals surface area contributed by atoms with Crippen molar-refractivity contribution in [2.45, 2.75) is 10.7 Å². The van der Waals surface area contributed by atoms with Crippen LogP contribution in [-0.4, -0.2) is 4.98 Å². The molecule has 0 fully saturated rings. The summed E-state index contributed by atoms with van der Waals surface area (Å²) in [5, 5.41) is 1.80. The van der Waals surface area contributed by atoms with E-state index in [0.29, 0.717) is 21.3 Å². The molecule has 6 heteroatoms. The Bertz CT molecular complexity index is 588. The van der Waals surface area contributed by atoms with Gasteiger partial charge >= 0.3 is 0 Å². The summed E-state index contributed by atoms with van der Waals surface area (Å²) in [6.07, 6.45) is 0. The molecule has 0 aliphatic rings. The van der Waals surface area contributed by atoms with Crippen LogP contribution in [0.1, 0.15) is 11.3 Å². The van der Waals surface area contributed by atoms with Crippen LogP contribution in [0, 0.1) is 6.92 Å². The molecular weight excluding hydrogens is 323 g/mol. The number of aromatic nitrogens is 1. The van der Waals surface area contributed by atoms with Gasteiger partial charge in [0.1, 0.15) is 0 Å². The number of fused-ring (bicyclic) bond motifs is 1. The number of benzene rings is 1. The second-order valence-electron chi connectivity index (χ2n) is 3.61. The van der Waals surface area contributed by atoms with Gasteiger partial charge in [-0.3, -0.25) is 0 Å². The fourth-order valence-corrected chi connectivity index (χ4v) is 2.37. The van der Waals surface area contributed by atoms with E-state index in [-0.39, 0.29) is 0 Å². The number of hydrogen-bond donors (Lipinski definition) is 0. The predicted octanol–water partition coefficient (Wildman–Crippen LogP) is 5.68. The summed E-state index contributed by atoms with van der Waals surface area (Å²) in [4.78, 5) is 4.31. The van der Waals surface area contributed by atoms with Crippen molar-refractivity contribution in [2.24, 2.45) is 0 Å². The third-order valence-corrected chi connectivity index (χ3v) is 3.42. The summed E-state index contributed by atoms with van der Waals surface area (Å²) >= 11 is 29.5. The highest BCUT2D eigenvalue weighted by molar-refractivity contribution is 6.66. The maximum Gasteiger partial charge on any atom is 0.232 e. The molecule has 0 unspecified atom stereocenters. The van der Waals surface area contributed by atoms with Gasteiger partial charge in [0, 0.05) is 10.4 Å². The molecule has 0 radical (unpaired) electrons. The molecule has 0 aliphatic heterocycles. The van der Waals surface area contributed by atoms with E-state index in [2.05, 4.69) is 4.98 Å². The molecule has 0 N–H and O–H groups in total. The minimum atomic E-state index is -1.59. The van der Waals surface area contributed by atoms with Gasteiger partial charge in [-0.1, -0.05) is 58.0 Å². The van der Waals surface area contributed by atoms with Gasteiger partial charge in [-0.25, -0.2) is 4.98 Å². The number of alkyl halides is 3. The first-order chi connectivity index (χ1) is 7.79. The van der Waals surface area contributed by atoms with E-state index in [1.54, 1.807) is 12.1 Å². The quantitative estimate of drug-likeness (QED) is 0.567. The van der Waals surface area contributed by atoms with Gasteiger partial charge in [0.05, 0.1) is 16.2 Å². The molecule has 2 aromatic rings. The molecule has 90 valence electrons. The first-order valence-corrected chi connectivity index (χ1v) is 6.51. The monoisotopic (exact) mass is 327 g/mol. The van der Waals surface area contributed by atoms with E-state index >= 15 is 0 Å².